The van der Waals surface area contributed by atoms with Crippen molar-refractivity contribution in [3.8, 4) is 0 Å². The highest BCUT2D eigenvalue weighted by Crippen LogP contribution is 2.26. The van der Waals surface area contributed by atoms with E-state index >= 15 is 0 Å². The van der Waals surface area contributed by atoms with E-state index in [0.29, 0.717) is 53.8 Å². The summed E-state index contributed by atoms with van der Waals surface area (Å²) in [4.78, 5) is 32.7. The van der Waals surface area contributed by atoms with Crippen molar-refractivity contribution in [3.05, 3.63) is 59.5 Å². The third-order valence-electron chi connectivity index (χ3n) is 6.59. The number of nitrogens with two attached hydrogens (primary N) is 1. The summed E-state index contributed by atoms with van der Waals surface area (Å²) in [5, 5.41) is 6.26. The second kappa shape index (κ2) is 13.1. The van der Waals surface area contributed by atoms with Gasteiger partial charge in [0.25, 0.3) is 5.91 Å². The van der Waals surface area contributed by atoms with Gasteiger partial charge in [0.15, 0.2) is 5.82 Å². The normalized spacial score (nSPS) is 14.3. The van der Waals surface area contributed by atoms with Gasteiger partial charge in [-0.2, -0.15) is 0 Å². The van der Waals surface area contributed by atoms with Gasteiger partial charge in [-0.25, -0.2) is 25.8 Å². The number of amides is 1. The zero-order valence-corrected chi connectivity index (χ0v) is 23.1. The van der Waals surface area contributed by atoms with E-state index < -0.39 is 0 Å². The molecule has 11 nitrogen and oxygen atoms in total. The van der Waals surface area contributed by atoms with Crippen molar-refractivity contribution in [1.82, 2.24) is 30.7 Å². The van der Waals surface area contributed by atoms with Gasteiger partial charge in [-0.1, -0.05) is 45.4 Å². The molecule has 1 aliphatic carbocycles. The average Bonchev–Trinajstić information content (AvgIpc) is 3.10. The predicted octanol–water partition coefficient (Wildman–Crippen LogP) is 3.32. The summed E-state index contributed by atoms with van der Waals surface area (Å²) in [5.41, 5.74) is 6.32. The van der Waals surface area contributed by atoms with Gasteiger partial charge in [-0.3, -0.25) is 4.79 Å². The van der Waals surface area contributed by atoms with Gasteiger partial charge in [0.2, 0.25) is 5.95 Å². The first-order valence-electron chi connectivity index (χ1n) is 12.7. The third-order valence-corrected chi connectivity index (χ3v) is 6.59. The lowest BCUT2D eigenvalue weighted by Gasteiger charge is -2.21. The smallest absolute Gasteiger partial charge is 0.253 e. The lowest BCUT2D eigenvalue weighted by molar-refractivity contribution is -0.117. The first kappa shape index (κ1) is 28.7. The number of methoxy groups -OCH3 is 1. The Kier molecular flexibility index (Phi) is 9.91. The average molecular weight is 522 g/mol. The number of allylic oxidation sites excluding steroid dienone is 5. The number of likely N-dealkylation sites (N-methyl/N-ethyl adjacent to an activating group) is 1. The Bertz CT molecular complexity index is 1260. The van der Waals surface area contributed by atoms with Crippen molar-refractivity contribution in [2.24, 2.45) is 11.3 Å². The van der Waals surface area contributed by atoms with Crippen LogP contribution in [0.15, 0.2) is 59.5 Å². The van der Waals surface area contributed by atoms with Crippen LogP contribution < -0.4 is 26.8 Å². The van der Waals surface area contributed by atoms with Crippen LogP contribution in [0, 0.1) is 5.41 Å². The van der Waals surface area contributed by atoms with Crippen molar-refractivity contribution in [2.45, 2.75) is 47.0 Å². The van der Waals surface area contributed by atoms with Gasteiger partial charge in [0, 0.05) is 32.0 Å². The van der Waals surface area contributed by atoms with E-state index in [1.54, 1.807) is 13.3 Å². The number of carbonyl (C=O) groups excluding carboxylic acids is 1. The van der Waals surface area contributed by atoms with Gasteiger partial charge in [-0.05, 0) is 36.8 Å². The summed E-state index contributed by atoms with van der Waals surface area (Å²) in [6.07, 6.45) is 13.0. The highest BCUT2D eigenvalue weighted by atomic mass is 16.5. The maximum atomic E-state index is 13.0. The number of rotatable bonds is 12. The molecule has 0 spiro atoms. The van der Waals surface area contributed by atoms with Crippen LogP contribution in [0.5, 0.6) is 0 Å². The predicted molar refractivity (Wildman–Crippen MR) is 151 cm³/mol. The Morgan fingerprint density at radius 2 is 2.05 bits per heavy atom. The summed E-state index contributed by atoms with van der Waals surface area (Å²) >= 11 is 0. The Morgan fingerprint density at radius 3 is 2.76 bits per heavy atom. The molecule has 2 aromatic heterocycles. The van der Waals surface area contributed by atoms with Gasteiger partial charge in [0.1, 0.15) is 23.2 Å². The van der Waals surface area contributed by atoms with Crippen LogP contribution in [0.4, 0.5) is 11.8 Å². The molecule has 0 saturated heterocycles. The molecule has 11 heteroatoms. The molecule has 0 aliphatic heterocycles. The topological polar surface area (TPSA) is 143 Å². The van der Waals surface area contributed by atoms with E-state index in [2.05, 4.69) is 51.8 Å². The highest BCUT2D eigenvalue weighted by Gasteiger charge is 2.17. The van der Waals surface area contributed by atoms with Gasteiger partial charge >= 0.3 is 0 Å². The van der Waals surface area contributed by atoms with Gasteiger partial charge in [-0.15, -0.1) is 0 Å². The number of nitrogens with zero attached hydrogens (tertiary/aromatic N) is 5. The number of nitrogens with one attached hydrogen (secondary N) is 3. The molecule has 204 valence electrons. The quantitative estimate of drug-likeness (QED) is 0.243. The lowest BCUT2D eigenvalue weighted by atomic mass is 9.86. The van der Waals surface area contributed by atoms with Gasteiger partial charge < -0.3 is 25.7 Å². The number of aromatic nitrogens is 4. The second-order valence-electron chi connectivity index (χ2n) is 9.97. The Labute approximate surface area is 224 Å². The molecule has 0 saturated carbocycles. The van der Waals surface area contributed by atoms with E-state index in [1.165, 1.54) is 6.33 Å². The first-order valence-corrected chi connectivity index (χ1v) is 12.7. The second-order valence-corrected chi connectivity index (χ2v) is 9.97. The standard InChI is InChI=1S/C27H39N9O2/c1-7-27(3,4)13-12-22(35-28)33-25(37)19-9-8-18(2)20(11-10-19)32-24-23-21(30-17-31-24)16-29-26(34-23)36(5)14-15-38-6/h8-9,11-12,16-17,35H,7,10,13-15,28H2,1-6H3,(H,33,37)(H,30,31,32)/b22-12-. The molecular formula is C27H39N9O2. The van der Waals surface area contributed by atoms with Crippen molar-refractivity contribution < 1.29 is 9.53 Å². The fraction of sp³-hybridized carbons (Fsp3) is 0.444. The number of anilines is 2. The largest absolute Gasteiger partial charge is 0.383 e. The minimum Gasteiger partial charge on any atom is -0.383 e. The zero-order valence-electron chi connectivity index (χ0n) is 23.1. The number of fused-ring (bicyclic) bond motifs is 1. The molecule has 38 heavy (non-hydrogen) atoms. The summed E-state index contributed by atoms with van der Waals surface area (Å²) in [7, 11) is 3.56. The number of hydrogen-bond donors (Lipinski definition) is 4. The van der Waals surface area contributed by atoms with Crippen LogP contribution in [0.1, 0.15) is 47.0 Å². The molecule has 0 radical (unpaired) electrons. The lowest BCUT2D eigenvalue weighted by Crippen LogP contribution is -2.36. The van der Waals surface area contributed by atoms with Crippen LogP contribution >= 0.6 is 0 Å². The van der Waals surface area contributed by atoms with E-state index in [4.69, 9.17) is 15.6 Å². The maximum absolute atomic E-state index is 13.0. The van der Waals surface area contributed by atoms with Crippen molar-refractivity contribution in [2.75, 3.05) is 37.5 Å². The Balaban J connectivity index is 1.77. The van der Waals surface area contributed by atoms with E-state index in [-0.39, 0.29) is 11.3 Å². The molecule has 2 aromatic rings. The minimum absolute atomic E-state index is 0.119. The molecule has 3 rings (SSSR count). The van der Waals surface area contributed by atoms with E-state index in [0.717, 1.165) is 24.1 Å². The highest BCUT2D eigenvalue weighted by molar-refractivity contribution is 5.95. The van der Waals surface area contributed by atoms with E-state index in [9.17, 15) is 4.79 Å². The molecule has 0 atom stereocenters. The Hall–Kier alpha value is -3.83. The monoisotopic (exact) mass is 521 g/mol. The number of hydrogen-bond acceptors (Lipinski definition) is 10. The van der Waals surface area contributed by atoms with Crippen LogP contribution in [0.25, 0.3) is 11.0 Å². The van der Waals surface area contributed by atoms with Gasteiger partial charge in [0.05, 0.1) is 12.8 Å². The molecular weight excluding hydrogens is 482 g/mol. The third kappa shape index (κ3) is 7.59. The molecule has 0 bridgehead atoms. The molecule has 2 heterocycles. The maximum Gasteiger partial charge on any atom is 0.253 e. The molecule has 0 aromatic carbocycles. The SMILES string of the molecule is CCC(C)(C)C/C=C(\NN)NC(=O)C1=CC=C(C)C(Nc2ncnc3cnc(N(C)CCOC)nc23)=CC1. The van der Waals surface area contributed by atoms with Crippen LogP contribution in [0.2, 0.25) is 0 Å². The van der Waals surface area contributed by atoms with Crippen LogP contribution in [-0.4, -0.2) is 53.2 Å². The van der Waals surface area contributed by atoms with Crippen LogP contribution in [-0.2, 0) is 9.53 Å². The summed E-state index contributed by atoms with van der Waals surface area (Å²) in [6.45, 7) is 9.67. The van der Waals surface area contributed by atoms with Crippen LogP contribution in [0.3, 0.4) is 0 Å². The van der Waals surface area contributed by atoms with Crippen molar-refractivity contribution in [3.63, 3.8) is 0 Å². The van der Waals surface area contributed by atoms with Crippen molar-refractivity contribution in [1.29, 1.82) is 0 Å². The molecule has 1 amide bonds. The summed E-state index contributed by atoms with van der Waals surface area (Å²) < 4.78 is 5.16. The summed E-state index contributed by atoms with van der Waals surface area (Å²) in [6, 6.07) is 0. The summed E-state index contributed by atoms with van der Waals surface area (Å²) in [5.74, 6) is 7.05. The Morgan fingerprint density at radius 1 is 1.26 bits per heavy atom. The molecule has 1 aliphatic rings. The minimum atomic E-state index is -0.214. The fourth-order valence-electron chi connectivity index (χ4n) is 3.52. The van der Waals surface area contributed by atoms with Crippen molar-refractivity contribution >= 4 is 28.7 Å². The molecule has 5 N–H and O–H groups in total. The number of ether oxygens (including phenoxy) is 1. The number of hydrazine groups is 1. The number of carbonyl (C=O) groups is 1. The first-order chi connectivity index (χ1) is 18.2. The van der Waals surface area contributed by atoms with E-state index in [1.807, 2.05) is 43.2 Å². The zero-order chi connectivity index (χ0) is 27.7. The molecule has 0 fully saturated rings. The fourth-order valence-corrected chi connectivity index (χ4v) is 3.52. The molecule has 0 unspecified atom stereocenters.